The van der Waals surface area contributed by atoms with Crippen molar-refractivity contribution in [1.29, 1.82) is 0 Å². The van der Waals surface area contributed by atoms with Crippen molar-refractivity contribution in [3.63, 3.8) is 0 Å². The molecular weight excluding hydrogens is 236 g/mol. The molecule has 1 fully saturated rings. The highest BCUT2D eigenvalue weighted by Crippen LogP contribution is 2.09. The third-order valence-corrected chi connectivity index (χ3v) is 3.80. The van der Waals surface area contributed by atoms with E-state index in [4.69, 9.17) is 0 Å². The van der Waals surface area contributed by atoms with Gasteiger partial charge in [-0.25, -0.2) is 0 Å². The van der Waals surface area contributed by atoms with E-state index in [-0.39, 0.29) is 5.91 Å². The highest BCUT2D eigenvalue weighted by molar-refractivity contribution is 5.78. The normalized spacial score (nSPS) is 16.9. The minimum atomic E-state index is 0.144. The number of nitrogens with zero attached hydrogens (tertiary/aromatic N) is 1. The van der Waals surface area contributed by atoms with E-state index < -0.39 is 0 Å². The van der Waals surface area contributed by atoms with Gasteiger partial charge in [-0.1, -0.05) is 37.1 Å². The molecule has 3 nitrogen and oxygen atoms in total. The number of nitrogens with one attached hydrogen (secondary N) is 1. The molecule has 104 valence electrons. The standard InChI is InChI=1S/C16H24N2O/c1-14-8-4-5-9-15(14)12-17-16(19)13-18-10-6-2-3-7-11-18/h4-5,8-9H,2-3,6-7,10-13H2,1H3,(H,17,19). The van der Waals surface area contributed by atoms with Crippen molar-refractivity contribution in [2.24, 2.45) is 0 Å². The van der Waals surface area contributed by atoms with Gasteiger partial charge in [-0.3, -0.25) is 9.69 Å². The molecule has 0 radical (unpaired) electrons. The Morgan fingerprint density at radius 3 is 2.53 bits per heavy atom. The van der Waals surface area contributed by atoms with Gasteiger partial charge in [0.25, 0.3) is 0 Å². The van der Waals surface area contributed by atoms with Gasteiger partial charge in [0, 0.05) is 6.54 Å². The number of aryl methyl sites for hydroxylation is 1. The summed E-state index contributed by atoms with van der Waals surface area (Å²) in [5.41, 5.74) is 2.43. The fourth-order valence-corrected chi connectivity index (χ4v) is 2.56. The number of rotatable bonds is 4. The van der Waals surface area contributed by atoms with E-state index >= 15 is 0 Å². The number of carbonyl (C=O) groups is 1. The number of benzene rings is 1. The molecule has 1 aromatic carbocycles. The summed E-state index contributed by atoms with van der Waals surface area (Å²) in [6, 6.07) is 8.19. The second-order valence-electron chi connectivity index (χ2n) is 5.39. The summed E-state index contributed by atoms with van der Waals surface area (Å²) in [6.45, 7) is 5.40. The number of likely N-dealkylation sites (tertiary alicyclic amines) is 1. The van der Waals surface area contributed by atoms with Gasteiger partial charge in [0.1, 0.15) is 0 Å². The lowest BCUT2D eigenvalue weighted by Crippen LogP contribution is -2.37. The van der Waals surface area contributed by atoms with Crippen LogP contribution in [0.2, 0.25) is 0 Å². The smallest absolute Gasteiger partial charge is 0.234 e. The Kier molecular flexibility index (Phi) is 5.40. The van der Waals surface area contributed by atoms with E-state index in [0.29, 0.717) is 13.1 Å². The molecule has 2 rings (SSSR count). The third kappa shape index (κ3) is 4.67. The Balaban J connectivity index is 1.76. The molecule has 0 bridgehead atoms. The van der Waals surface area contributed by atoms with Crippen LogP contribution < -0.4 is 5.32 Å². The Morgan fingerprint density at radius 1 is 1.16 bits per heavy atom. The molecule has 19 heavy (non-hydrogen) atoms. The van der Waals surface area contributed by atoms with Gasteiger partial charge in [0.05, 0.1) is 6.54 Å². The largest absolute Gasteiger partial charge is 0.351 e. The summed E-state index contributed by atoms with van der Waals surface area (Å²) in [5, 5.41) is 3.03. The number of hydrogen-bond donors (Lipinski definition) is 1. The zero-order valence-electron chi connectivity index (χ0n) is 11.8. The topological polar surface area (TPSA) is 32.3 Å². The quantitative estimate of drug-likeness (QED) is 0.902. The van der Waals surface area contributed by atoms with Gasteiger partial charge in [-0.05, 0) is 44.0 Å². The molecule has 1 aliphatic rings. The molecule has 0 atom stereocenters. The summed E-state index contributed by atoms with van der Waals surface area (Å²) in [7, 11) is 0. The van der Waals surface area contributed by atoms with E-state index in [9.17, 15) is 4.79 Å². The number of carbonyl (C=O) groups excluding carboxylic acids is 1. The molecule has 1 saturated heterocycles. The molecule has 0 unspecified atom stereocenters. The van der Waals surface area contributed by atoms with E-state index in [1.165, 1.54) is 36.8 Å². The van der Waals surface area contributed by atoms with Crippen molar-refractivity contribution in [3.8, 4) is 0 Å². The van der Waals surface area contributed by atoms with Crippen LogP contribution in [0.15, 0.2) is 24.3 Å². The monoisotopic (exact) mass is 260 g/mol. The minimum absolute atomic E-state index is 0.144. The van der Waals surface area contributed by atoms with Crippen molar-refractivity contribution in [3.05, 3.63) is 35.4 Å². The molecule has 1 heterocycles. The SMILES string of the molecule is Cc1ccccc1CNC(=O)CN1CCCCCC1. The van der Waals surface area contributed by atoms with Gasteiger partial charge in [-0.15, -0.1) is 0 Å². The average Bonchev–Trinajstić information content (AvgIpc) is 2.66. The maximum atomic E-state index is 12.0. The van der Waals surface area contributed by atoms with Crippen molar-refractivity contribution in [2.75, 3.05) is 19.6 Å². The molecule has 0 aromatic heterocycles. The molecule has 0 spiro atoms. The first-order valence-electron chi connectivity index (χ1n) is 7.29. The van der Waals surface area contributed by atoms with Gasteiger partial charge in [-0.2, -0.15) is 0 Å². The van der Waals surface area contributed by atoms with E-state index in [2.05, 4.69) is 29.3 Å². The van der Waals surface area contributed by atoms with Gasteiger partial charge in [0.2, 0.25) is 5.91 Å². The lowest BCUT2D eigenvalue weighted by Gasteiger charge is -2.19. The first-order valence-corrected chi connectivity index (χ1v) is 7.29. The predicted octanol–water partition coefficient (Wildman–Crippen LogP) is 2.49. The van der Waals surface area contributed by atoms with E-state index in [0.717, 1.165) is 13.1 Å². The summed E-state index contributed by atoms with van der Waals surface area (Å²) >= 11 is 0. The van der Waals surface area contributed by atoms with Gasteiger partial charge >= 0.3 is 0 Å². The summed E-state index contributed by atoms with van der Waals surface area (Å²) in [6.07, 6.45) is 5.07. The van der Waals surface area contributed by atoms with E-state index in [1.807, 2.05) is 12.1 Å². The Bertz CT molecular complexity index is 409. The van der Waals surface area contributed by atoms with Gasteiger partial charge < -0.3 is 5.32 Å². The number of amides is 1. The maximum absolute atomic E-state index is 12.0. The van der Waals surface area contributed by atoms with E-state index in [1.54, 1.807) is 0 Å². The fraction of sp³-hybridized carbons (Fsp3) is 0.562. The van der Waals surface area contributed by atoms with Crippen molar-refractivity contribution < 1.29 is 4.79 Å². The molecular formula is C16H24N2O. The van der Waals surface area contributed by atoms with Crippen molar-refractivity contribution in [2.45, 2.75) is 39.2 Å². The zero-order chi connectivity index (χ0) is 13.5. The van der Waals surface area contributed by atoms with Crippen LogP contribution in [0.1, 0.15) is 36.8 Å². The van der Waals surface area contributed by atoms with Crippen LogP contribution in [0.3, 0.4) is 0 Å². The zero-order valence-corrected chi connectivity index (χ0v) is 11.8. The Morgan fingerprint density at radius 2 is 1.84 bits per heavy atom. The summed E-state index contributed by atoms with van der Waals surface area (Å²) < 4.78 is 0. The van der Waals surface area contributed by atoms with Gasteiger partial charge in [0.15, 0.2) is 0 Å². The van der Waals surface area contributed by atoms with Crippen LogP contribution in [0.5, 0.6) is 0 Å². The molecule has 1 N–H and O–H groups in total. The average molecular weight is 260 g/mol. The molecule has 0 aliphatic carbocycles. The maximum Gasteiger partial charge on any atom is 0.234 e. The van der Waals surface area contributed by atoms with Crippen LogP contribution in [0.4, 0.5) is 0 Å². The second kappa shape index (κ2) is 7.29. The van der Waals surface area contributed by atoms with Crippen LogP contribution in [-0.2, 0) is 11.3 Å². The molecule has 1 aliphatic heterocycles. The van der Waals surface area contributed by atoms with Crippen molar-refractivity contribution >= 4 is 5.91 Å². The lowest BCUT2D eigenvalue weighted by atomic mass is 10.1. The predicted molar refractivity (Wildman–Crippen MR) is 77.9 cm³/mol. The third-order valence-electron chi connectivity index (χ3n) is 3.80. The summed E-state index contributed by atoms with van der Waals surface area (Å²) in [4.78, 5) is 14.2. The van der Waals surface area contributed by atoms with Crippen LogP contribution in [0.25, 0.3) is 0 Å². The van der Waals surface area contributed by atoms with Crippen molar-refractivity contribution in [1.82, 2.24) is 10.2 Å². The first-order chi connectivity index (χ1) is 9.25. The molecule has 0 saturated carbocycles. The Labute approximate surface area is 116 Å². The molecule has 1 aromatic rings. The summed E-state index contributed by atoms with van der Waals surface area (Å²) in [5.74, 6) is 0.144. The highest BCUT2D eigenvalue weighted by Gasteiger charge is 2.12. The fourth-order valence-electron chi connectivity index (χ4n) is 2.56. The highest BCUT2D eigenvalue weighted by atomic mass is 16.2. The van der Waals surface area contributed by atoms with Crippen LogP contribution in [0, 0.1) is 6.92 Å². The lowest BCUT2D eigenvalue weighted by molar-refractivity contribution is -0.122. The van der Waals surface area contributed by atoms with Crippen LogP contribution >= 0.6 is 0 Å². The second-order valence-corrected chi connectivity index (χ2v) is 5.39. The molecule has 3 heteroatoms. The minimum Gasteiger partial charge on any atom is -0.351 e. The van der Waals surface area contributed by atoms with Crippen LogP contribution in [-0.4, -0.2) is 30.4 Å². The first kappa shape index (κ1) is 14.1. The number of hydrogen-bond acceptors (Lipinski definition) is 2. The Hall–Kier alpha value is -1.35. The molecule has 1 amide bonds.